The summed E-state index contributed by atoms with van der Waals surface area (Å²) in [6.45, 7) is 2.51. The zero-order valence-corrected chi connectivity index (χ0v) is 14.7. The highest BCUT2D eigenvalue weighted by Gasteiger charge is 2.23. The molecule has 128 valence electrons. The van der Waals surface area contributed by atoms with Crippen LogP contribution in [0.1, 0.15) is 17.0 Å². The maximum Gasteiger partial charge on any atom is 0.140 e. The Bertz CT molecular complexity index is 904. The molecule has 3 heterocycles. The molecule has 25 heavy (non-hydrogen) atoms. The lowest BCUT2D eigenvalue weighted by Gasteiger charge is -2.27. The van der Waals surface area contributed by atoms with Crippen molar-refractivity contribution in [2.45, 2.75) is 19.5 Å². The fourth-order valence-corrected chi connectivity index (χ4v) is 3.49. The van der Waals surface area contributed by atoms with Gasteiger partial charge in [0.05, 0.1) is 11.4 Å². The van der Waals surface area contributed by atoms with Crippen molar-refractivity contribution in [3.63, 3.8) is 0 Å². The minimum Gasteiger partial charge on any atom is -0.330 e. The topological polar surface area (TPSA) is 34.0 Å². The van der Waals surface area contributed by atoms with Crippen molar-refractivity contribution in [3.05, 3.63) is 70.5 Å². The summed E-state index contributed by atoms with van der Waals surface area (Å²) in [4.78, 5) is 11.3. The van der Waals surface area contributed by atoms with Gasteiger partial charge >= 0.3 is 0 Å². The quantitative estimate of drug-likeness (QED) is 0.669. The molecule has 0 radical (unpaired) electrons. The second kappa shape index (κ2) is 6.58. The predicted octanol–water partition coefficient (Wildman–Crippen LogP) is 3.83. The molecule has 1 aromatic carbocycles. The first-order chi connectivity index (χ1) is 12.1. The van der Waals surface area contributed by atoms with Crippen LogP contribution >= 0.6 is 11.6 Å². The Hall–Kier alpha value is -2.24. The highest BCUT2D eigenvalue weighted by molar-refractivity contribution is 6.30. The van der Waals surface area contributed by atoms with Gasteiger partial charge in [-0.25, -0.2) is 14.4 Å². The van der Waals surface area contributed by atoms with Crippen LogP contribution in [0, 0.1) is 5.82 Å². The third kappa shape index (κ3) is 3.17. The highest BCUT2D eigenvalue weighted by Crippen LogP contribution is 2.27. The van der Waals surface area contributed by atoms with E-state index in [2.05, 4.69) is 14.5 Å². The molecule has 1 aliphatic rings. The number of aromatic nitrogens is 3. The molecule has 0 atom stereocenters. The summed E-state index contributed by atoms with van der Waals surface area (Å²) in [5.41, 5.74) is 4.29. The van der Waals surface area contributed by atoms with Crippen LogP contribution in [0.4, 0.5) is 4.39 Å². The highest BCUT2D eigenvalue weighted by atomic mass is 35.5. The van der Waals surface area contributed by atoms with Crippen molar-refractivity contribution < 1.29 is 4.39 Å². The number of fused-ring (bicyclic) bond motifs is 1. The first-order valence-electron chi connectivity index (χ1n) is 8.24. The Morgan fingerprint density at radius 2 is 2.00 bits per heavy atom. The summed E-state index contributed by atoms with van der Waals surface area (Å²) in [6.07, 6.45) is 2.60. The van der Waals surface area contributed by atoms with Crippen molar-refractivity contribution >= 4 is 11.6 Å². The van der Waals surface area contributed by atoms with E-state index in [0.29, 0.717) is 5.15 Å². The monoisotopic (exact) mass is 356 g/mol. The number of pyridine rings is 1. The number of nitrogens with zero attached hydrogens (tertiary/aromatic N) is 4. The Kier molecular flexibility index (Phi) is 4.27. The van der Waals surface area contributed by atoms with Crippen molar-refractivity contribution in [2.24, 2.45) is 7.05 Å². The van der Waals surface area contributed by atoms with Crippen LogP contribution in [-0.4, -0.2) is 26.0 Å². The molecule has 0 unspecified atom stereocenters. The number of rotatable bonds is 3. The average molecular weight is 357 g/mol. The fraction of sp³-hybridized carbons (Fsp3) is 0.263. The van der Waals surface area contributed by atoms with Crippen LogP contribution < -0.4 is 0 Å². The lowest BCUT2D eigenvalue weighted by Crippen LogP contribution is -2.31. The summed E-state index contributed by atoms with van der Waals surface area (Å²) in [5.74, 6) is 0.647. The first kappa shape index (κ1) is 16.2. The van der Waals surface area contributed by atoms with E-state index in [4.69, 9.17) is 16.6 Å². The number of hydrogen-bond acceptors (Lipinski definition) is 3. The van der Waals surface area contributed by atoms with Crippen LogP contribution in [0.2, 0.25) is 5.15 Å². The van der Waals surface area contributed by atoms with Gasteiger partial charge in [-0.2, -0.15) is 0 Å². The Morgan fingerprint density at radius 1 is 1.20 bits per heavy atom. The normalized spacial score (nSPS) is 14.5. The zero-order valence-electron chi connectivity index (χ0n) is 13.9. The van der Waals surface area contributed by atoms with E-state index in [1.165, 1.54) is 17.8 Å². The van der Waals surface area contributed by atoms with Gasteiger partial charge in [0, 0.05) is 50.4 Å². The molecule has 0 bridgehead atoms. The van der Waals surface area contributed by atoms with Gasteiger partial charge in [0.15, 0.2) is 0 Å². The molecule has 1 aliphatic heterocycles. The van der Waals surface area contributed by atoms with Crippen molar-refractivity contribution in [1.82, 2.24) is 19.4 Å². The number of hydrogen-bond donors (Lipinski definition) is 0. The summed E-state index contributed by atoms with van der Waals surface area (Å²) in [7, 11) is 2.02. The second-order valence-electron chi connectivity index (χ2n) is 6.31. The molecule has 4 nitrogen and oxygen atoms in total. The Morgan fingerprint density at radius 3 is 2.76 bits per heavy atom. The molecule has 0 N–H and O–H groups in total. The fourth-order valence-electron chi connectivity index (χ4n) is 3.31. The summed E-state index contributed by atoms with van der Waals surface area (Å²) >= 11 is 6.19. The molecular formula is C19H18ClFN4. The van der Waals surface area contributed by atoms with E-state index in [1.54, 1.807) is 18.3 Å². The van der Waals surface area contributed by atoms with E-state index in [9.17, 15) is 4.39 Å². The SMILES string of the molecule is Cn1c(-c2ccc(F)cc2)nc2c1CN(Cc1cccnc1Cl)CC2. The van der Waals surface area contributed by atoms with Gasteiger partial charge in [-0.3, -0.25) is 4.90 Å². The maximum absolute atomic E-state index is 13.2. The standard InChI is InChI=1S/C19H18ClFN4/c1-24-17-12-25(11-14-3-2-9-22-18(14)20)10-8-16(17)23-19(24)13-4-6-15(21)7-5-13/h2-7,9H,8,10-12H2,1H3. The lowest BCUT2D eigenvalue weighted by atomic mass is 10.1. The molecular weight excluding hydrogens is 339 g/mol. The van der Waals surface area contributed by atoms with Crippen molar-refractivity contribution in [1.29, 1.82) is 0 Å². The lowest BCUT2D eigenvalue weighted by molar-refractivity contribution is 0.238. The van der Waals surface area contributed by atoms with Crippen LogP contribution in [0.3, 0.4) is 0 Å². The molecule has 0 saturated heterocycles. The minimum atomic E-state index is -0.234. The van der Waals surface area contributed by atoms with Gasteiger partial charge in [-0.05, 0) is 30.3 Å². The second-order valence-corrected chi connectivity index (χ2v) is 6.67. The largest absolute Gasteiger partial charge is 0.330 e. The van der Waals surface area contributed by atoms with E-state index >= 15 is 0 Å². The Balaban J connectivity index is 1.59. The van der Waals surface area contributed by atoms with Gasteiger partial charge in [-0.1, -0.05) is 17.7 Å². The van der Waals surface area contributed by atoms with Crippen molar-refractivity contribution in [2.75, 3.05) is 6.54 Å². The summed E-state index contributed by atoms with van der Waals surface area (Å²) in [5, 5.41) is 0.560. The van der Waals surface area contributed by atoms with Gasteiger partial charge in [0.1, 0.15) is 16.8 Å². The van der Waals surface area contributed by atoms with E-state index in [1.807, 2.05) is 19.2 Å². The molecule has 0 saturated carbocycles. The molecule has 0 spiro atoms. The predicted molar refractivity (Wildman–Crippen MR) is 95.7 cm³/mol. The van der Waals surface area contributed by atoms with Crippen LogP contribution in [-0.2, 0) is 26.6 Å². The molecule has 0 amide bonds. The van der Waals surface area contributed by atoms with E-state index in [0.717, 1.165) is 48.7 Å². The molecule has 0 aliphatic carbocycles. The van der Waals surface area contributed by atoms with Crippen LogP contribution in [0.5, 0.6) is 0 Å². The Labute approximate surface area is 150 Å². The molecule has 6 heteroatoms. The van der Waals surface area contributed by atoms with Gasteiger partial charge in [0.2, 0.25) is 0 Å². The molecule has 2 aromatic heterocycles. The average Bonchev–Trinajstić information content (AvgIpc) is 2.94. The summed E-state index contributed by atoms with van der Waals surface area (Å²) < 4.78 is 15.3. The van der Waals surface area contributed by atoms with Gasteiger partial charge in [-0.15, -0.1) is 0 Å². The summed E-state index contributed by atoms with van der Waals surface area (Å²) in [6, 6.07) is 10.4. The first-order valence-corrected chi connectivity index (χ1v) is 8.62. The number of imidazole rings is 1. The zero-order chi connectivity index (χ0) is 17.4. The van der Waals surface area contributed by atoms with Crippen LogP contribution in [0.25, 0.3) is 11.4 Å². The van der Waals surface area contributed by atoms with Crippen molar-refractivity contribution in [3.8, 4) is 11.4 Å². The molecule has 3 aromatic rings. The van der Waals surface area contributed by atoms with Gasteiger partial charge < -0.3 is 4.57 Å². The molecule has 0 fully saturated rings. The third-order valence-corrected chi connectivity index (χ3v) is 5.01. The third-order valence-electron chi connectivity index (χ3n) is 4.67. The van der Waals surface area contributed by atoms with E-state index < -0.39 is 0 Å². The number of benzene rings is 1. The number of halogens is 2. The maximum atomic E-state index is 13.2. The smallest absolute Gasteiger partial charge is 0.140 e. The van der Waals surface area contributed by atoms with Crippen LogP contribution in [0.15, 0.2) is 42.6 Å². The minimum absolute atomic E-state index is 0.234. The van der Waals surface area contributed by atoms with E-state index in [-0.39, 0.29) is 5.82 Å². The van der Waals surface area contributed by atoms with Gasteiger partial charge in [0.25, 0.3) is 0 Å². The molecule has 4 rings (SSSR count).